The molecule has 0 heterocycles. The van der Waals surface area contributed by atoms with Crippen molar-refractivity contribution < 1.29 is 23.8 Å². The lowest BCUT2D eigenvalue weighted by Gasteiger charge is -2.24. The molecule has 4 nitrogen and oxygen atoms in total. The van der Waals surface area contributed by atoms with Crippen LogP contribution < -0.4 is 0 Å². The average Bonchev–Trinajstić information content (AvgIpc) is 3.53. The Labute approximate surface area is 204 Å². The summed E-state index contributed by atoms with van der Waals surface area (Å²) in [6.45, 7) is 4.17. The van der Waals surface area contributed by atoms with Crippen molar-refractivity contribution in [1.29, 1.82) is 0 Å². The molecule has 1 N–H and O–H groups in total. The summed E-state index contributed by atoms with van der Waals surface area (Å²) in [5.41, 5.74) is 4.47. The van der Waals surface area contributed by atoms with Gasteiger partial charge in [0.2, 0.25) is 0 Å². The van der Waals surface area contributed by atoms with E-state index in [4.69, 9.17) is 4.74 Å². The van der Waals surface area contributed by atoms with Crippen LogP contribution in [0.3, 0.4) is 0 Å². The number of carbonyl (C=O) groups excluding carboxylic acids is 1. The Morgan fingerprint density at radius 2 is 1.83 bits per heavy atom. The van der Waals surface area contributed by atoms with Gasteiger partial charge in [-0.25, -0.2) is 14.0 Å². The minimum absolute atomic E-state index is 0.0192. The maximum absolute atomic E-state index is 14.5. The predicted molar refractivity (Wildman–Crippen MR) is 132 cm³/mol. The second-order valence-corrected chi connectivity index (χ2v) is 9.94. The molecule has 0 radical (unpaired) electrons. The van der Waals surface area contributed by atoms with Crippen LogP contribution in [-0.2, 0) is 4.74 Å². The third-order valence-corrected chi connectivity index (χ3v) is 7.86. The number of hydrogen-bond acceptors (Lipinski definition) is 3. The fraction of sp³-hybridized carbons (Fsp3) is 0.333. The van der Waals surface area contributed by atoms with Gasteiger partial charge in [0, 0.05) is 11.5 Å². The van der Waals surface area contributed by atoms with E-state index in [9.17, 15) is 19.1 Å². The maximum atomic E-state index is 14.5. The number of halogens is 1. The molecule has 3 aliphatic rings. The number of carbonyl (C=O) groups is 2. The minimum atomic E-state index is -1.14. The van der Waals surface area contributed by atoms with E-state index >= 15 is 0 Å². The molecule has 5 rings (SSSR count). The van der Waals surface area contributed by atoms with Gasteiger partial charge in [-0.2, -0.15) is 0 Å². The Kier molecular flexibility index (Phi) is 6.18. The fourth-order valence-corrected chi connectivity index (χ4v) is 5.70. The lowest BCUT2D eigenvalue weighted by Crippen LogP contribution is -2.14. The monoisotopic (exact) mass is 472 g/mol. The first kappa shape index (κ1) is 23.3. The summed E-state index contributed by atoms with van der Waals surface area (Å²) in [5.74, 6) is -0.0821. The van der Waals surface area contributed by atoms with E-state index in [2.05, 4.69) is 13.0 Å². The Balaban J connectivity index is 1.38. The van der Waals surface area contributed by atoms with Crippen LogP contribution in [0, 0.1) is 23.6 Å². The second-order valence-electron chi connectivity index (χ2n) is 9.94. The van der Waals surface area contributed by atoms with Gasteiger partial charge in [0.15, 0.2) is 0 Å². The molecule has 1 fully saturated rings. The van der Waals surface area contributed by atoms with Crippen LogP contribution in [0.15, 0.2) is 77.1 Å². The van der Waals surface area contributed by atoms with Gasteiger partial charge in [-0.3, -0.25) is 0 Å². The molecule has 0 saturated heterocycles. The Morgan fingerprint density at radius 1 is 1.06 bits per heavy atom. The van der Waals surface area contributed by atoms with Crippen molar-refractivity contribution in [2.75, 3.05) is 0 Å². The standard InChI is InChI=1S/C30H29FO4/c1-17-18(2)28(16-24-13-23(15-25(17)24)19-6-3-4-7-19)35-30(34)22-9-5-8-20(12-22)26-14-21(29(32)33)10-11-27(26)31/h5,8-12,14-17,19,23H,3-4,6-7,13H2,1-2H3,(H,32,33). The molecule has 0 bridgehead atoms. The van der Waals surface area contributed by atoms with Crippen molar-refractivity contribution in [2.24, 2.45) is 17.8 Å². The zero-order chi connectivity index (χ0) is 24.7. The number of benzene rings is 2. The lowest BCUT2D eigenvalue weighted by atomic mass is 9.85. The smallest absolute Gasteiger partial charge is 0.343 e. The summed E-state index contributed by atoms with van der Waals surface area (Å²) in [5, 5.41) is 9.25. The Hall–Kier alpha value is -3.47. The first-order valence-electron chi connectivity index (χ1n) is 12.3. The highest BCUT2D eigenvalue weighted by Gasteiger charge is 2.34. The summed E-state index contributed by atoms with van der Waals surface area (Å²) in [6.07, 6.45) is 10.7. The van der Waals surface area contributed by atoms with Crippen LogP contribution >= 0.6 is 0 Å². The van der Waals surface area contributed by atoms with Crippen LogP contribution in [0.4, 0.5) is 4.39 Å². The van der Waals surface area contributed by atoms with Crippen molar-refractivity contribution >= 4 is 11.9 Å². The number of ether oxygens (including phenoxy) is 1. The van der Waals surface area contributed by atoms with E-state index < -0.39 is 17.8 Å². The number of carboxylic acids is 1. The molecule has 1 saturated carbocycles. The minimum Gasteiger partial charge on any atom is -0.478 e. The molecule has 0 aliphatic heterocycles. The Bertz CT molecular complexity index is 1290. The topological polar surface area (TPSA) is 63.6 Å². The van der Waals surface area contributed by atoms with Crippen molar-refractivity contribution in [3.8, 4) is 11.1 Å². The van der Waals surface area contributed by atoms with Gasteiger partial charge in [0.05, 0.1) is 11.1 Å². The van der Waals surface area contributed by atoms with E-state index in [1.807, 2.05) is 13.0 Å². The maximum Gasteiger partial charge on any atom is 0.343 e. The SMILES string of the molecule is CC1=C(OC(=O)c2cccc(-c3cc(C(=O)O)ccc3F)c2)C=C2CC(C3CCCC3)C=C2C1C. The highest BCUT2D eigenvalue weighted by molar-refractivity contribution is 5.93. The van der Waals surface area contributed by atoms with Crippen molar-refractivity contribution in [2.45, 2.75) is 46.0 Å². The number of aromatic carboxylic acids is 1. The average molecular weight is 473 g/mol. The molecule has 2 unspecified atom stereocenters. The molecule has 5 heteroatoms. The molecule has 0 spiro atoms. The molecule has 0 aromatic heterocycles. The van der Waals surface area contributed by atoms with Crippen LogP contribution in [0.1, 0.15) is 66.7 Å². The van der Waals surface area contributed by atoms with E-state index in [0.29, 0.717) is 17.2 Å². The number of rotatable bonds is 5. The van der Waals surface area contributed by atoms with E-state index in [-0.39, 0.29) is 22.6 Å². The van der Waals surface area contributed by atoms with Gasteiger partial charge in [-0.05, 0) is 96.7 Å². The summed E-state index contributed by atoms with van der Waals surface area (Å²) >= 11 is 0. The molecular formula is C30H29FO4. The van der Waals surface area contributed by atoms with E-state index in [0.717, 1.165) is 24.0 Å². The number of fused-ring (bicyclic) bond motifs is 1. The number of carboxylic acid groups (broad SMARTS) is 1. The van der Waals surface area contributed by atoms with Crippen LogP contribution in [0.2, 0.25) is 0 Å². The summed E-state index contributed by atoms with van der Waals surface area (Å²) in [6, 6.07) is 10.1. The molecule has 2 aromatic rings. The quantitative estimate of drug-likeness (QED) is 0.463. The zero-order valence-corrected chi connectivity index (χ0v) is 20.0. The van der Waals surface area contributed by atoms with Gasteiger partial charge in [-0.15, -0.1) is 0 Å². The zero-order valence-electron chi connectivity index (χ0n) is 20.0. The second kappa shape index (κ2) is 9.29. The molecule has 2 atom stereocenters. The summed E-state index contributed by atoms with van der Waals surface area (Å²) < 4.78 is 20.3. The van der Waals surface area contributed by atoms with Gasteiger partial charge in [-0.1, -0.05) is 38.0 Å². The van der Waals surface area contributed by atoms with E-state index in [1.165, 1.54) is 49.0 Å². The Morgan fingerprint density at radius 3 is 2.57 bits per heavy atom. The highest BCUT2D eigenvalue weighted by atomic mass is 19.1. The molecular weight excluding hydrogens is 443 g/mol. The van der Waals surface area contributed by atoms with Crippen molar-refractivity contribution in [1.82, 2.24) is 0 Å². The molecule has 35 heavy (non-hydrogen) atoms. The summed E-state index contributed by atoms with van der Waals surface area (Å²) in [4.78, 5) is 24.4. The van der Waals surface area contributed by atoms with Gasteiger partial charge >= 0.3 is 11.9 Å². The van der Waals surface area contributed by atoms with Crippen LogP contribution in [-0.4, -0.2) is 17.0 Å². The van der Waals surface area contributed by atoms with Gasteiger partial charge in [0.25, 0.3) is 0 Å². The third-order valence-electron chi connectivity index (χ3n) is 7.86. The largest absolute Gasteiger partial charge is 0.478 e. The van der Waals surface area contributed by atoms with E-state index in [1.54, 1.807) is 24.3 Å². The van der Waals surface area contributed by atoms with Gasteiger partial charge in [0.1, 0.15) is 11.6 Å². The first-order valence-corrected chi connectivity index (χ1v) is 12.3. The lowest BCUT2D eigenvalue weighted by molar-refractivity contribution is 0.0629. The van der Waals surface area contributed by atoms with Crippen LogP contribution in [0.5, 0.6) is 0 Å². The highest BCUT2D eigenvalue weighted by Crippen LogP contribution is 2.47. The molecule has 3 aliphatic carbocycles. The van der Waals surface area contributed by atoms with Crippen LogP contribution in [0.25, 0.3) is 11.1 Å². The molecule has 2 aromatic carbocycles. The first-order chi connectivity index (χ1) is 16.8. The summed E-state index contributed by atoms with van der Waals surface area (Å²) in [7, 11) is 0. The van der Waals surface area contributed by atoms with Crippen molar-refractivity contribution in [3.05, 3.63) is 94.0 Å². The van der Waals surface area contributed by atoms with Gasteiger partial charge < -0.3 is 9.84 Å². The van der Waals surface area contributed by atoms with Crippen molar-refractivity contribution in [3.63, 3.8) is 0 Å². The molecule has 0 amide bonds. The number of allylic oxidation sites excluding steroid dienone is 5. The predicted octanol–water partition coefficient (Wildman–Crippen LogP) is 7.33. The molecule has 180 valence electrons. The third kappa shape index (κ3) is 4.47. The fourth-order valence-electron chi connectivity index (χ4n) is 5.70. The number of esters is 1. The normalized spacial score (nSPS) is 22.0. The number of hydrogen-bond donors (Lipinski definition) is 1.